The molecule has 1 aliphatic rings. The fourth-order valence-corrected chi connectivity index (χ4v) is 6.16. The SMILES string of the molecule is COc1ccccc1-c1ccc(C[C@H](NC(=O)Nc2ccccc2S(=O)(=O)N2CCCCC2)C(=O)O)cc1. The Hall–Kier alpha value is -3.89. The average molecular weight is 538 g/mol. The molecule has 1 fully saturated rings. The number of urea groups is 1. The van der Waals surface area contributed by atoms with Gasteiger partial charge in [-0.25, -0.2) is 18.0 Å². The maximum Gasteiger partial charge on any atom is 0.326 e. The number of carboxylic acids is 1. The van der Waals surface area contributed by atoms with Gasteiger partial charge in [-0.2, -0.15) is 4.31 Å². The lowest BCUT2D eigenvalue weighted by Gasteiger charge is -2.27. The van der Waals surface area contributed by atoms with Gasteiger partial charge in [0.05, 0.1) is 12.8 Å². The number of carboxylic acid groups (broad SMARTS) is 1. The highest BCUT2D eigenvalue weighted by molar-refractivity contribution is 7.89. The highest BCUT2D eigenvalue weighted by Gasteiger charge is 2.29. The van der Waals surface area contributed by atoms with E-state index in [1.165, 1.54) is 16.4 Å². The first-order valence-corrected chi connectivity index (χ1v) is 13.9. The molecule has 1 aliphatic heterocycles. The van der Waals surface area contributed by atoms with Gasteiger partial charge in [0.25, 0.3) is 0 Å². The molecule has 200 valence electrons. The van der Waals surface area contributed by atoms with Gasteiger partial charge in [0.1, 0.15) is 16.7 Å². The van der Waals surface area contributed by atoms with E-state index < -0.39 is 28.1 Å². The largest absolute Gasteiger partial charge is 0.496 e. The molecule has 0 unspecified atom stereocenters. The number of sulfonamides is 1. The van der Waals surface area contributed by atoms with Gasteiger partial charge in [-0.3, -0.25) is 0 Å². The molecule has 0 saturated carbocycles. The highest BCUT2D eigenvalue weighted by Crippen LogP contribution is 2.30. The van der Waals surface area contributed by atoms with Gasteiger partial charge in [-0.05, 0) is 42.2 Å². The van der Waals surface area contributed by atoms with E-state index in [2.05, 4.69) is 10.6 Å². The molecule has 0 aromatic heterocycles. The zero-order valence-electron chi connectivity index (χ0n) is 21.1. The topological polar surface area (TPSA) is 125 Å². The summed E-state index contributed by atoms with van der Waals surface area (Å²) in [6, 6.07) is 19.0. The lowest BCUT2D eigenvalue weighted by atomic mass is 10.00. The van der Waals surface area contributed by atoms with Crippen molar-refractivity contribution >= 4 is 27.7 Å². The summed E-state index contributed by atoms with van der Waals surface area (Å²) < 4.78 is 33.2. The minimum atomic E-state index is -3.80. The molecule has 3 aromatic carbocycles. The number of nitrogens with zero attached hydrogens (tertiary/aromatic N) is 1. The van der Waals surface area contributed by atoms with Crippen LogP contribution in [0.4, 0.5) is 10.5 Å². The minimum Gasteiger partial charge on any atom is -0.496 e. The normalized spacial score (nSPS) is 14.9. The van der Waals surface area contributed by atoms with E-state index in [1.54, 1.807) is 31.4 Å². The van der Waals surface area contributed by atoms with E-state index in [9.17, 15) is 23.1 Å². The van der Waals surface area contributed by atoms with E-state index in [0.29, 0.717) is 18.7 Å². The third kappa shape index (κ3) is 6.32. The van der Waals surface area contributed by atoms with Gasteiger partial charge in [-0.15, -0.1) is 0 Å². The third-order valence-corrected chi connectivity index (χ3v) is 8.44. The van der Waals surface area contributed by atoms with Crippen molar-refractivity contribution in [1.82, 2.24) is 9.62 Å². The number of hydrogen-bond acceptors (Lipinski definition) is 5. The maximum atomic E-state index is 13.2. The number of carbonyl (C=O) groups excluding carboxylic acids is 1. The predicted octanol–water partition coefficient (Wildman–Crippen LogP) is 4.35. The van der Waals surface area contributed by atoms with Crippen molar-refractivity contribution in [2.75, 3.05) is 25.5 Å². The van der Waals surface area contributed by atoms with Crippen LogP contribution < -0.4 is 15.4 Å². The Balaban J connectivity index is 1.45. The number of rotatable bonds is 9. The van der Waals surface area contributed by atoms with Crippen LogP contribution in [-0.2, 0) is 21.2 Å². The van der Waals surface area contributed by atoms with Gasteiger partial charge in [0.15, 0.2) is 0 Å². The number of ether oxygens (including phenoxy) is 1. The molecule has 0 radical (unpaired) electrons. The molecule has 3 N–H and O–H groups in total. The van der Waals surface area contributed by atoms with Crippen LogP contribution >= 0.6 is 0 Å². The smallest absolute Gasteiger partial charge is 0.326 e. The number of piperidine rings is 1. The van der Waals surface area contributed by atoms with Crippen molar-refractivity contribution in [2.45, 2.75) is 36.6 Å². The molecular formula is C28H31N3O6S. The Kier molecular flexibility index (Phi) is 8.65. The van der Waals surface area contributed by atoms with Crippen molar-refractivity contribution in [3.8, 4) is 16.9 Å². The summed E-state index contributed by atoms with van der Waals surface area (Å²) in [4.78, 5) is 24.7. The van der Waals surface area contributed by atoms with E-state index >= 15 is 0 Å². The van der Waals surface area contributed by atoms with Gasteiger partial charge in [0.2, 0.25) is 10.0 Å². The third-order valence-electron chi connectivity index (χ3n) is 6.48. The Morgan fingerprint density at radius 3 is 2.29 bits per heavy atom. The molecule has 2 amide bonds. The number of anilines is 1. The standard InChI is InChI=1S/C28H31N3O6S/c1-37-25-11-5-3-9-22(25)21-15-13-20(14-16-21)19-24(27(32)33)30-28(34)29-23-10-4-6-12-26(23)38(35,36)31-17-7-2-8-18-31/h3-6,9-16,24H,2,7-8,17-19H2,1H3,(H,32,33)(H2,29,30,34)/t24-/m0/s1. The summed E-state index contributed by atoms with van der Waals surface area (Å²) in [5.74, 6) is -0.479. The Morgan fingerprint density at radius 2 is 1.61 bits per heavy atom. The van der Waals surface area contributed by atoms with E-state index in [4.69, 9.17) is 4.74 Å². The Bertz CT molecular complexity index is 1390. The first-order chi connectivity index (χ1) is 18.3. The predicted molar refractivity (Wildman–Crippen MR) is 145 cm³/mol. The maximum absolute atomic E-state index is 13.2. The Labute approximate surface area is 222 Å². The highest BCUT2D eigenvalue weighted by atomic mass is 32.2. The fourth-order valence-electron chi connectivity index (χ4n) is 4.50. The van der Waals surface area contributed by atoms with Crippen LogP contribution in [0.15, 0.2) is 77.7 Å². The van der Waals surface area contributed by atoms with E-state index in [0.717, 1.165) is 36.1 Å². The molecule has 38 heavy (non-hydrogen) atoms. The summed E-state index contributed by atoms with van der Waals surface area (Å²) in [6.45, 7) is 0.861. The van der Waals surface area contributed by atoms with Crippen molar-refractivity contribution in [3.63, 3.8) is 0 Å². The second-order valence-electron chi connectivity index (χ2n) is 9.05. The van der Waals surface area contributed by atoms with Crippen LogP contribution in [0.25, 0.3) is 11.1 Å². The number of para-hydroxylation sites is 2. The average Bonchev–Trinajstić information content (AvgIpc) is 2.93. The van der Waals surface area contributed by atoms with E-state index in [-0.39, 0.29) is 17.0 Å². The molecule has 4 rings (SSSR count). The second-order valence-corrected chi connectivity index (χ2v) is 11.0. The number of amides is 2. The number of carbonyl (C=O) groups is 2. The number of aliphatic carboxylic acids is 1. The summed E-state index contributed by atoms with van der Waals surface area (Å²) in [5, 5.41) is 14.7. The monoisotopic (exact) mass is 537 g/mol. The summed E-state index contributed by atoms with van der Waals surface area (Å²) in [5.41, 5.74) is 2.63. The van der Waals surface area contributed by atoms with Gasteiger partial charge in [0, 0.05) is 25.1 Å². The molecule has 1 heterocycles. The molecule has 0 bridgehead atoms. The zero-order chi connectivity index (χ0) is 27.1. The summed E-state index contributed by atoms with van der Waals surface area (Å²) in [7, 11) is -2.20. The van der Waals surface area contributed by atoms with Crippen molar-refractivity contribution < 1.29 is 27.9 Å². The van der Waals surface area contributed by atoms with Crippen LogP contribution in [0.1, 0.15) is 24.8 Å². The molecular weight excluding hydrogens is 506 g/mol. The second kappa shape index (κ2) is 12.1. The van der Waals surface area contributed by atoms with Crippen LogP contribution in [0, 0.1) is 0 Å². The molecule has 10 heteroatoms. The van der Waals surface area contributed by atoms with Gasteiger partial charge < -0.3 is 20.5 Å². The molecule has 0 aliphatic carbocycles. The molecule has 9 nitrogen and oxygen atoms in total. The van der Waals surface area contributed by atoms with Gasteiger partial charge >= 0.3 is 12.0 Å². The number of hydrogen-bond donors (Lipinski definition) is 3. The molecule has 1 atom stereocenters. The summed E-state index contributed by atoms with van der Waals surface area (Å²) in [6.07, 6.45) is 2.60. The molecule has 0 spiro atoms. The first-order valence-electron chi connectivity index (χ1n) is 12.4. The molecule has 3 aromatic rings. The van der Waals surface area contributed by atoms with E-state index in [1.807, 2.05) is 36.4 Å². The molecule has 1 saturated heterocycles. The Morgan fingerprint density at radius 1 is 0.947 bits per heavy atom. The van der Waals surface area contributed by atoms with Gasteiger partial charge in [-0.1, -0.05) is 61.0 Å². The van der Waals surface area contributed by atoms with Crippen molar-refractivity contribution in [3.05, 3.63) is 78.4 Å². The minimum absolute atomic E-state index is 0.0177. The fraction of sp³-hybridized carbons (Fsp3) is 0.286. The van der Waals surface area contributed by atoms with Crippen LogP contribution in [0.3, 0.4) is 0 Å². The number of methoxy groups -OCH3 is 1. The van der Waals surface area contributed by atoms with Crippen LogP contribution in [0.2, 0.25) is 0 Å². The lowest BCUT2D eigenvalue weighted by molar-refractivity contribution is -0.139. The zero-order valence-corrected chi connectivity index (χ0v) is 21.9. The quantitative estimate of drug-likeness (QED) is 0.373. The summed E-state index contributed by atoms with van der Waals surface area (Å²) >= 11 is 0. The number of benzene rings is 3. The number of nitrogens with one attached hydrogen (secondary N) is 2. The lowest BCUT2D eigenvalue weighted by Crippen LogP contribution is -2.44. The van der Waals surface area contributed by atoms with Crippen molar-refractivity contribution in [2.24, 2.45) is 0 Å². The first kappa shape index (κ1) is 27.2. The van der Waals surface area contributed by atoms with Crippen molar-refractivity contribution in [1.29, 1.82) is 0 Å². The van der Waals surface area contributed by atoms with Crippen LogP contribution in [-0.4, -0.2) is 56.1 Å². The van der Waals surface area contributed by atoms with Crippen LogP contribution in [0.5, 0.6) is 5.75 Å².